The first-order valence-electron chi connectivity index (χ1n) is 7.62. The number of benzene rings is 1. The van der Waals surface area contributed by atoms with Gasteiger partial charge in [-0.1, -0.05) is 32.0 Å². The molecule has 0 radical (unpaired) electrons. The molecule has 2 N–H and O–H groups in total. The van der Waals surface area contributed by atoms with Crippen LogP contribution in [0.25, 0.3) is 0 Å². The van der Waals surface area contributed by atoms with Crippen LogP contribution in [-0.2, 0) is 0 Å². The van der Waals surface area contributed by atoms with E-state index in [1.165, 1.54) is 29.5 Å². The molecule has 1 aromatic carbocycles. The molecule has 0 aromatic heterocycles. The highest BCUT2D eigenvalue weighted by Crippen LogP contribution is 2.32. The molecule has 2 heteroatoms. The minimum absolute atomic E-state index is 0.501. The van der Waals surface area contributed by atoms with Gasteiger partial charge in [0.1, 0.15) is 0 Å². The Balaban J connectivity index is 2.28. The van der Waals surface area contributed by atoms with Crippen molar-refractivity contribution in [3.63, 3.8) is 0 Å². The first-order valence-corrected chi connectivity index (χ1v) is 7.62. The van der Waals surface area contributed by atoms with Crippen molar-refractivity contribution < 1.29 is 0 Å². The molecule has 0 aliphatic carbocycles. The van der Waals surface area contributed by atoms with Crippen LogP contribution in [0.2, 0.25) is 0 Å². The van der Waals surface area contributed by atoms with Crippen molar-refractivity contribution in [2.45, 2.75) is 45.6 Å². The van der Waals surface area contributed by atoms with Gasteiger partial charge in [-0.3, -0.25) is 0 Å². The molecular formula is C17H28N2. The average Bonchev–Trinajstić information content (AvgIpc) is 2.42. The molecule has 19 heavy (non-hydrogen) atoms. The second-order valence-corrected chi connectivity index (χ2v) is 6.12. The molecule has 106 valence electrons. The van der Waals surface area contributed by atoms with E-state index < -0.39 is 0 Å². The molecule has 2 nitrogen and oxygen atoms in total. The van der Waals surface area contributed by atoms with Gasteiger partial charge in [0, 0.05) is 6.04 Å². The van der Waals surface area contributed by atoms with Crippen molar-refractivity contribution in [3.8, 4) is 0 Å². The van der Waals surface area contributed by atoms with E-state index >= 15 is 0 Å². The molecule has 0 bridgehead atoms. The third-order valence-corrected chi connectivity index (χ3v) is 4.47. The van der Waals surface area contributed by atoms with Gasteiger partial charge in [-0.15, -0.1) is 0 Å². The lowest BCUT2D eigenvalue weighted by Gasteiger charge is -2.32. The van der Waals surface area contributed by atoms with Crippen molar-refractivity contribution in [3.05, 3.63) is 34.9 Å². The molecule has 0 spiro atoms. The summed E-state index contributed by atoms with van der Waals surface area (Å²) >= 11 is 0. The highest BCUT2D eigenvalue weighted by molar-refractivity contribution is 5.35. The summed E-state index contributed by atoms with van der Waals surface area (Å²) in [7, 11) is 2.11. The molecule has 1 unspecified atom stereocenters. The van der Waals surface area contributed by atoms with Crippen molar-refractivity contribution >= 4 is 0 Å². The molecule has 1 saturated heterocycles. The van der Waals surface area contributed by atoms with E-state index in [4.69, 9.17) is 0 Å². The summed E-state index contributed by atoms with van der Waals surface area (Å²) < 4.78 is 0. The fraction of sp³-hybridized carbons (Fsp3) is 0.647. The van der Waals surface area contributed by atoms with Crippen LogP contribution in [-0.4, -0.2) is 20.1 Å². The summed E-state index contributed by atoms with van der Waals surface area (Å²) in [5.41, 5.74) is 4.37. The van der Waals surface area contributed by atoms with E-state index in [0.29, 0.717) is 12.0 Å². The van der Waals surface area contributed by atoms with Crippen LogP contribution >= 0.6 is 0 Å². The second kappa shape index (κ2) is 6.53. The fourth-order valence-corrected chi connectivity index (χ4v) is 3.18. The SMILES string of the molecule is CNC(c1cc(C(C)C)ccc1C)C1CCNCC1. The fourth-order valence-electron chi connectivity index (χ4n) is 3.18. The number of hydrogen-bond donors (Lipinski definition) is 2. The van der Waals surface area contributed by atoms with Crippen LogP contribution in [0.5, 0.6) is 0 Å². The second-order valence-electron chi connectivity index (χ2n) is 6.12. The Kier molecular flexibility index (Phi) is 5.00. The lowest BCUT2D eigenvalue weighted by atomic mass is 9.83. The van der Waals surface area contributed by atoms with Crippen molar-refractivity contribution in [1.82, 2.24) is 10.6 Å². The van der Waals surface area contributed by atoms with Crippen LogP contribution in [0.3, 0.4) is 0 Å². The minimum Gasteiger partial charge on any atom is -0.317 e. The topological polar surface area (TPSA) is 24.1 Å². The van der Waals surface area contributed by atoms with Gasteiger partial charge >= 0.3 is 0 Å². The molecule has 1 aliphatic heterocycles. The zero-order valence-electron chi connectivity index (χ0n) is 12.8. The van der Waals surface area contributed by atoms with Crippen LogP contribution in [0, 0.1) is 12.8 Å². The van der Waals surface area contributed by atoms with E-state index in [9.17, 15) is 0 Å². The first-order chi connectivity index (χ1) is 9.13. The molecule has 1 heterocycles. The molecule has 1 aliphatic rings. The summed E-state index contributed by atoms with van der Waals surface area (Å²) in [6.45, 7) is 9.10. The Morgan fingerprint density at radius 3 is 2.47 bits per heavy atom. The van der Waals surface area contributed by atoms with E-state index in [-0.39, 0.29) is 0 Å². The molecular weight excluding hydrogens is 232 g/mol. The molecule has 0 amide bonds. The molecule has 1 aromatic rings. The van der Waals surface area contributed by atoms with E-state index in [1.54, 1.807) is 0 Å². The zero-order valence-corrected chi connectivity index (χ0v) is 12.8. The van der Waals surface area contributed by atoms with Gasteiger partial charge in [-0.25, -0.2) is 0 Å². The Hall–Kier alpha value is -0.860. The van der Waals surface area contributed by atoms with E-state index in [2.05, 4.69) is 56.7 Å². The number of nitrogens with one attached hydrogen (secondary N) is 2. The predicted molar refractivity (Wildman–Crippen MR) is 82.7 cm³/mol. The summed E-state index contributed by atoms with van der Waals surface area (Å²) in [5.74, 6) is 1.36. The number of piperidine rings is 1. The third kappa shape index (κ3) is 3.37. The zero-order chi connectivity index (χ0) is 13.8. The van der Waals surface area contributed by atoms with Gasteiger partial charge in [0.25, 0.3) is 0 Å². The summed E-state index contributed by atoms with van der Waals surface area (Å²) in [6, 6.07) is 7.48. The van der Waals surface area contributed by atoms with Gasteiger partial charge in [0.2, 0.25) is 0 Å². The molecule has 2 rings (SSSR count). The predicted octanol–water partition coefficient (Wildman–Crippen LogP) is 3.38. The van der Waals surface area contributed by atoms with Gasteiger partial charge in [0.15, 0.2) is 0 Å². The smallest absolute Gasteiger partial charge is 0.0349 e. The number of hydrogen-bond acceptors (Lipinski definition) is 2. The third-order valence-electron chi connectivity index (χ3n) is 4.47. The minimum atomic E-state index is 0.501. The van der Waals surface area contributed by atoms with E-state index in [1.807, 2.05) is 0 Å². The maximum absolute atomic E-state index is 3.57. The van der Waals surface area contributed by atoms with E-state index in [0.717, 1.165) is 19.0 Å². The molecule has 1 fully saturated rings. The van der Waals surface area contributed by atoms with Crippen molar-refractivity contribution in [2.24, 2.45) is 5.92 Å². The Morgan fingerprint density at radius 2 is 1.89 bits per heavy atom. The quantitative estimate of drug-likeness (QED) is 0.867. The van der Waals surface area contributed by atoms with Crippen LogP contribution in [0.1, 0.15) is 55.3 Å². The normalized spacial score (nSPS) is 18.8. The first kappa shape index (κ1) is 14.5. The monoisotopic (exact) mass is 260 g/mol. The maximum Gasteiger partial charge on any atom is 0.0349 e. The van der Waals surface area contributed by atoms with Crippen LogP contribution in [0.15, 0.2) is 18.2 Å². The number of rotatable bonds is 4. The maximum atomic E-state index is 3.57. The standard InChI is InChI=1S/C17H28N2/c1-12(2)15-6-5-13(3)16(11-15)17(18-4)14-7-9-19-10-8-14/h5-6,11-12,14,17-19H,7-10H2,1-4H3. The Labute approximate surface area is 118 Å². The summed E-state index contributed by atoms with van der Waals surface area (Å²) in [5, 5.41) is 7.03. The van der Waals surface area contributed by atoms with Gasteiger partial charge in [-0.2, -0.15) is 0 Å². The molecule has 1 atom stereocenters. The largest absolute Gasteiger partial charge is 0.317 e. The van der Waals surface area contributed by atoms with Gasteiger partial charge in [-0.05, 0) is 68.4 Å². The lowest BCUT2D eigenvalue weighted by molar-refractivity contribution is 0.293. The Morgan fingerprint density at radius 1 is 1.21 bits per heavy atom. The lowest BCUT2D eigenvalue weighted by Crippen LogP contribution is -2.35. The van der Waals surface area contributed by atoms with Gasteiger partial charge < -0.3 is 10.6 Å². The molecule has 0 saturated carbocycles. The Bertz CT molecular complexity index is 406. The highest BCUT2D eigenvalue weighted by Gasteiger charge is 2.25. The average molecular weight is 260 g/mol. The summed E-state index contributed by atoms with van der Waals surface area (Å²) in [4.78, 5) is 0. The highest BCUT2D eigenvalue weighted by atomic mass is 14.9. The number of aryl methyl sites for hydroxylation is 1. The van der Waals surface area contributed by atoms with Crippen LogP contribution < -0.4 is 10.6 Å². The van der Waals surface area contributed by atoms with Crippen LogP contribution in [0.4, 0.5) is 0 Å². The van der Waals surface area contributed by atoms with Gasteiger partial charge in [0.05, 0.1) is 0 Å². The summed E-state index contributed by atoms with van der Waals surface area (Å²) in [6.07, 6.45) is 2.55. The van der Waals surface area contributed by atoms with Crippen molar-refractivity contribution in [2.75, 3.05) is 20.1 Å². The van der Waals surface area contributed by atoms with Crippen molar-refractivity contribution in [1.29, 1.82) is 0 Å².